The second kappa shape index (κ2) is 5.61. The molecule has 0 aromatic carbocycles. The first-order chi connectivity index (χ1) is 9.28. The number of aromatic nitrogens is 3. The molecule has 0 radical (unpaired) electrons. The zero-order chi connectivity index (χ0) is 13.2. The van der Waals surface area contributed by atoms with Crippen molar-refractivity contribution in [1.29, 1.82) is 0 Å². The summed E-state index contributed by atoms with van der Waals surface area (Å²) in [4.78, 5) is 10.3. The number of hydrogen-bond acceptors (Lipinski definition) is 3. The van der Waals surface area contributed by atoms with Crippen LogP contribution in [0.2, 0.25) is 0 Å². The number of thiophene rings is 1. The Morgan fingerprint density at radius 2 is 2.21 bits per heavy atom. The van der Waals surface area contributed by atoms with Gasteiger partial charge in [-0.25, -0.2) is 9.97 Å². The Kier molecular flexibility index (Phi) is 3.86. The van der Waals surface area contributed by atoms with E-state index in [9.17, 15) is 0 Å². The van der Waals surface area contributed by atoms with Crippen molar-refractivity contribution < 1.29 is 0 Å². The van der Waals surface area contributed by atoms with E-state index in [0.717, 1.165) is 33.7 Å². The highest BCUT2D eigenvalue weighted by atomic mass is 79.9. The van der Waals surface area contributed by atoms with Gasteiger partial charge in [-0.2, -0.15) is 0 Å². The van der Waals surface area contributed by atoms with E-state index in [-0.39, 0.29) is 0 Å². The summed E-state index contributed by atoms with van der Waals surface area (Å²) in [6.45, 7) is 0.788. The average Bonchev–Trinajstić information content (AvgIpc) is 2.96. The van der Waals surface area contributed by atoms with E-state index in [1.54, 1.807) is 17.5 Å². The number of rotatable bonds is 4. The van der Waals surface area contributed by atoms with Crippen molar-refractivity contribution in [3.63, 3.8) is 0 Å². The van der Waals surface area contributed by atoms with Crippen LogP contribution in [0, 0.1) is 0 Å². The van der Waals surface area contributed by atoms with Crippen LogP contribution < -0.4 is 0 Å². The maximum atomic E-state index is 5.86. The van der Waals surface area contributed by atoms with Crippen LogP contribution in [0.15, 0.2) is 34.2 Å². The largest absolute Gasteiger partial charge is 0.307 e. The van der Waals surface area contributed by atoms with Gasteiger partial charge in [0, 0.05) is 23.4 Å². The van der Waals surface area contributed by atoms with Gasteiger partial charge in [-0.05, 0) is 40.2 Å². The Hall–Kier alpha value is -0.910. The molecule has 3 heterocycles. The molecule has 6 heteroatoms. The Morgan fingerprint density at radius 3 is 2.95 bits per heavy atom. The quantitative estimate of drug-likeness (QED) is 0.659. The van der Waals surface area contributed by atoms with Gasteiger partial charge >= 0.3 is 0 Å². The summed E-state index contributed by atoms with van der Waals surface area (Å²) < 4.78 is 3.29. The molecule has 0 aliphatic rings. The number of imidazole rings is 1. The van der Waals surface area contributed by atoms with Crippen molar-refractivity contribution in [2.24, 2.45) is 0 Å². The van der Waals surface area contributed by atoms with Gasteiger partial charge in [0.15, 0.2) is 5.65 Å². The lowest BCUT2D eigenvalue weighted by molar-refractivity contribution is 0.756. The van der Waals surface area contributed by atoms with E-state index in [1.165, 1.54) is 4.88 Å². The molecule has 3 aromatic heterocycles. The summed E-state index contributed by atoms with van der Waals surface area (Å²) >= 11 is 11.1. The maximum Gasteiger partial charge on any atom is 0.160 e. The molecule has 98 valence electrons. The molecule has 3 rings (SSSR count). The van der Waals surface area contributed by atoms with Gasteiger partial charge in [0.1, 0.15) is 11.3 Å². The Morgan fingerprint density at radius 1 is 1.32 bits per heavy atom. The van der Waals surface area contributed by atoms with E-state index in [1.807, 2.05) is 12.1 Å². The maximum absolute atomic E-state index is 5.86. The molecule has 0 bridgehead atoms. The molecular formula is C13H11BrClN3S. The zero-order valence-electron chi connectivity index (χ0n) is 10.0. The topological polar surface area (TPSA) is 30.7 Å². The predicted molar refractivity (Wildman–Crippen MR) is 83.1 cm³/mol. The lowest BCUT2D eigenvalue weighted by atomic mass is 10.4. The molecular weight excluding hydrogens is 346 g/mol. The van der Waals surface area contributed by atoms with Crippen molar-refractivity contribution in [1.82, 2.24) is 14.5 Å². The molecule has 0 aliphatic heterocycles. The average molecular weight is 357 g/mol. The van der Waals surface area contributed by atoms with Gasteiger partial charge in [0.05, 0.1) is 10.3 Å². The van der Waals surface area contributed by atoms with Crippen LogP contribution in [0.1, 0.15) is 10.7 Å². The van der Waals surface area contributed by atoms with E-state index >= 15 is 0 Å². The van der Waals surface area contributed by atoms with Crippen molar-refractivity contribution >= 4 is 50.0 Å². The standard InChI is InChI=1S/C13H11BrClN3S/c14-11-4-3-9(19-11)8-18-12(5-6-15)17-10-2-1-7-16-13(10)18/h1-4,7H,5-6,8H2. The minimum absolute atomic E-state index is 0.567. The highest BCUT2D eigenvalue weighted by Gasteiger charge is 2.12. The zero-order valence-corrected chi connectivity index (χ0v) is 13.2. The molecule has 0 saturated heterocycles. The van der Waals surface area contributed by atoms with Crippen LogP contribution in [-0.2, 0) is 13.0 Å². The van der Waals surface area contributed by atoms with Crippen LogP contribution in [0.3, 0.4) is 0 Å². The molecule has 0 atom stereocenters. The Bertz CT molecular complexity index is 707. The SMILES string of the molecule is ClCCc1nc2cccnc2n1Cc1ccc(Br)s1. The number of aryl methyl sites for hydroxylation is 1. The van der Waals surface area contributed by atoms with Gasteiger partial charge in [0.2, 0.25) is 0 Å². The van der Waals surface area contributed by atoms with Gasteiger partial charge in [-0.1, -0.05) is 0 Å². The second-order valence-electron chi connectivity index (χ2n) is 4.11. The molecule has 0 fully saturated rings. The molecule has 0 amide bonds. The van der Waals surface area contributed by atoms with Gasteiger partial charge in [-0.3, -0.25) is 0 Å². The first-order valence-corrected chi connectivity index (χ1v) is 8.02. The van der Waals surface area contributed by atoms with Crippen LogP contribution >= 0.6 is 38.9 Å². The second-order valence-corrected chi connectivity index (χ2v) is 7.03. The predicted octanol–water partition coefficient (Wildman–Crippen LogP) is 4.08. The molecule has 0 N–H and O–H groups in total. The molecule has 3 aromatic rings. The van der Waals surface area contributed by atoms with Crippen molar-refractivity contribution in [3.05, 3.63) is 45.0 Å². The minimum atomic E-state index is 0.567. The number of alkyl halides is 1. The molecule has 0 saturated carbocycles. The van der Waals surface area contributed by atoms with Gasteiger partial charge in [-0.15, -0.1) is 22.9 Å². The number of nitrogens with zero attached hydrogens (tertiary/aromatic N) is 3. The number of hydrogen-bond donors (Lipinski definition) is 0. The molecule has 19 heavy (non-hydrogen) atoms. The van der Waals surface area contributed by atoms with Crippen molar-refractivity contribution in [2.75, 3.05) is 5.88 Å². The number of pyridine rings is 1. The van der Waals surface area contributed by atoms with Crippen molar-refractivity contribution in [2.45, 2.75) is 13.0 Å². The monoisotopic (exact) mass is 355 g/mol. The third-order valence-electron chi connectivity index (χ3n) is 2.84. The smallest absolute Gasteiger partial charge is 0.160 e. The summed E-state index contributed by atoms with van der Waals surface area (Å²) in [5.41, 5.74) is 1.85. The van der Waals surface area contributed by atoms with Crippen LogP contribution in [0.4, 0.5) is 0 Å². The third kappa shape index (κ3) is 2.68. The van der Waals surface area contributed by atoms with Gasteiger partial charge < -0.3 is 4.57 Å². The summed E-state index contributed by atoms with van der Waals surface area (Å²) in [7, 11) is 0. The fourth-order valence-electron chi connectivity index (χ4n) is 2.04. The third-order valence-corrected chi connectivity index (χ3v) is 4.64. The van der Waals surface area contributed by atoms with Crippen LogP contribution in [-0.4, -0.2) is 20.4 Å². The fraction of sp³-hybridized carbons (Fsp3) is 0.231. The van der Waals surface area contributed by atoms with Crippen LogP contribution in [0.25, 0.3) is 11.2 Å². The lowest BCUT2D eigenvalue weighted by Gasteiger charge is -2.05. The minimum Gasteiger partial charge on any atom is -0.307 e. The molecule has 0 spiro atoms. The summed E-state index contributed by atoms with van der Waals surface area (Å²) in [5, 5.41) is 0. The van der Waals surface area contributed by atoms with E-state index in [4.69, 9.17) is 11.6 Å². The molecule has 0 unspecified atom stereocenters. The first kappa shape index (κ1) is 13.1. The highest BCUT2D eigenvalue weighted by molar-refractivity contribution is 9.11. The molecule has 0 aliphatic carbocycles. The summed E-state index contributed by atoms with van der Waals surface area (Å²) in [6.07, 6.45) is 2.56. The van der Waals surface area contributed by atoms with Crippen molar-refractivity contribution in [3.8, 4) is 0 Å². The summed E-state index contributed by atoms with van der Waals surface area (Å²) in [5.74, 6) is 1.56. The molecule has 3 nitrogen and oxygen atoms in total. The number of fused-ring (bicyclic) bond motifs is 1. The first-order valence-electron chi connectivity index (χ1n) is 5.88. The van der Waals surface area contributed by atoms with E-state index < -0.39 is 0 Å². The highest BCUT2D eigenvalue weighted by Crippen LogP contribution is 2.24. The van der Waals surface area contributed by atoms with E-state index in [2.05, 4.69) is 42.6 Å². The van der Waals surface area contributed by atoms with E-state index in [0.29, 0.717) is 5.88 Å². The Balaban J connectivity index is 2.06. The van der Waals surface area contributed by atoms with Gasteiger partial charge in [0.25, 0.3) is 0 Å². The fourth-order valence-corrected chi connectivity index (χ4v) is 3.68. The lowest BCUT2D eigenvalue weighted by Crippen LogP contribution is -2.05. The number of halogens is 2. The normalized spacial score (nSPS) is 11.3. The Labute approximate surface area is 128 Å². The summed E-state index contributed by atoms with van der Waals surface area (Å²) in [6, 6.07) is 8.08. The van der Waals surface area contributed by atoms with Crippen LogP contribution in [0.5, 0.6) is 0 Å².